The molecule has 0 radical (unpaired) electrons. The van der Waals surface area contributed by atoms with E-state index in [0.717, 1.165) is 12.8 Å². The zero-order valence-corrected chi connectivity index (χ0v) is 15.4. The standard InChI is InChI=1S/C18H28N4O3/c1-4-5-9-21(18(24)16-11-19-7-8-20-16)10-6-17(23)22-12-14(2)25-15(3)13-22/h7-8,11,14-15H,4-6,9-10,12-13H2,1-3H3. The van der Waals surface area contributed by atoms with Gasteiger partial charge in [0.1, 0.15) is 5.69 Å². The van der Waals surface area contributed by atoms with Gasteiger partial charge in [-0.1, -0.05) is 13.3 Å². The normalized spacial score (nSPS) is 20.4. The number of carbonyl (C=O) groups excluding carboxylic acids is 2. The molecule has 0 aliphatic carbocycles. The summed E-state index contributed by atoms with van der Waals surface area (Å²) < 4.78 is 5.67. The number of carbonyl (C=O) groups is 2. The molecule has 2 amide bonds. The van der Waals surface area contributed by atoms with Gasteiger partial charge in [0.15, 0.2) is 0 Å². The van der Waals surface area contributed by atoms with E-state index in [4.69, 9.17) is 4.74 Å². The molecule has 2 unspecified atom stereocenters. The van der Waals surface area contributed by atoms with Gasteiger partial charge in [0.2, 0.25) is 5.91 Å². The van der Waals surface area contributed by atoms with Crippen molar-refractivity contribution in [3.63, 3.8) is 0 Å². The van der Waals surface area contributed by atoms with Crippen LogP contribution in [0.1, 0.15) is 50.5 Å². The zero-order chi connectivity index (χ0) is 18.2. The first-order chi connectivity index (χ1) is 12.0. The van der Waals surface area contributed by atoms with Crippen molar-refractivity contribution in [2.24, 2.45) is 0 Å². The number of nitrogens with zero attached hydrogens (tertiary/aromatic N) is 4. The number of amides is 2. The molecule has 0 aromatic carbocycles. The Morgan fingerprint density at radius 3 is 2.56 bits per heavy atom. The van der Waals surface area contributed by atoms with E-state index in [2.05, 4.69) is 16.9 Å². The molecule has 0 bridgehead atoms. The van der Waals surface area contributed by atoms with Crippen molar-refractivity contribution < 1.29 is 14.3 Å². The smallest absolute Gasteiger partial charge is 0.274 e. The zero-order valence-electron chi connectivity index (χ0n) is 15.4. The quantitative estimate of drug-likeness (QED) is 0.750. The fourth-order valence-corrected chi connectivity index (χ4v) is 3.01. The van der Waals surface area contributed by atoms with Gasteiger partial charge in [-0.3, -0.25) is 14.6 Å². The van der Waals surface area contributed by atoms with Crippen LogP contribution in [0.3, 0.4) is 0 Å². The molecule has 25 heavy (non-hydrogen) atoms. The summed E-state index contributed by atoms with van der Waals surface area (Å²) >= 11 is 0. The highest BCUT2D eigenvalue weighted by atomic mass is 16.5. The van der Waals surface area contributed by atoms with Crippen LogP contribution in [0.15, 0.2) is 18.6 Å². The summed E-state index contributed by atoms with van der Waals surface area (Å²) in [6, 6.07) is 0. The number of ether oxygens (including phenoxy) is 1. The molecule has 2 heterocycles. The van der Waals surface area contributed by atoms with Gasteiger partial charge < -0.3 is 14.5 Å². The average Bonchev–Trinajstić information content (AvgIpc) is 2.61. The van der Waals surface area contributed by atoms with E-state index in [1.54, 1.807) is 4.90 Å². The SMILES string of the molecule is CCCCN(CCC(=O)N1CC(C)OC(C)C1)C(=O)c1cnccn1. The number of unbranched alkanes of at least 4 members (excludes halogenated alkanes) is 1. The number of aromatic nitrogens is 2. The van der Waals surface area contributed by atoms with Crippen molar-refractivity contribution in [3.05, 3.63) is 24.3 Å². The summed E-state index contributed by atoms with van der Waals surface area (Å²) in [5.41, 5.74) is 0.319. The van der Waals surface area contributed by atoms with Crippen molar-refractivity contribution in [1.82, 2.24) is 19.8 Å². The highest BCUT2D eigenvalue weighted by molar-refractivity contribution is 5.92. The van der Waals surface area contributed by atoms with Crippen molar-refractivity contribution >= 4 is 11.8 Å². The second-order valence-electron chi connectivity index (χ2n) is 6.54. The number of hydrogen-bond acceptors (Lipinski definition) is 5. The van der Waals surface area contributed by atoms with E-state index in [-0.39, 0.29) is 24.0 Å². The highest BCUT2D eigenvalue weighted by Crippen LogP contribution is 2.12. The second-order valence-corrected chi connectivity index (χ2v) is 6.54. The summed E-state index contributed by atoms with van der Waals surface area (Å²) in [6.07, 6.45) is 6.80. The van der Waals surface area contributed by atoms with Crippen LogP contribution in [0.4, 0.5) is 0 Å². The van der Waals surface area contributed by atoms with Gasteiger partial charge in [-0.25, -0.2) is 4.98 Å². The van der Waals surface area contributed by atoms with Gasteiger partial charge in [-0.2, -0.15) is 0 Å². The summed E-state index contributed by atoms with van der Waals surface area (Å²) in [7, 11) is 0. The number of rotatable bonds is 7. The monoisotopic (exact) mass is 348 g/mol. The van der Waals surface area contributed by atoms with Crippen molar-refractivity contribution in [3.8, 4) is 0 Å². The van der Waals surface area contributed by atoms with Crippen molar-refractivity contribution in [1.29, 1.82) is 0 Å². The average molecular weight is 348 g/mol. The van der Waals surface area contributed by atoms with Crippen LogP contribution in [0.2, 0.25) is 0 Å². The molecule has 1 aromatic rings. The summed E-state index contributed by atoms with van der Waals surface area (Å²) in [5, 5.41) is 0. The van der Waals surface area contributed by atoms with E-state index >= 15 is 0 Å². The van der Waals surface area contributed by atoms with Gasteiger partial charge in [0.25, 0.3) is 5.91 Å². The van der Waals surface area contributed by atoms with Gasteiger partial charge in [0.05, 0.1) is 18.4 Å². The minimum Gasteiger partial charge on any atom is -0.372 e. The van der Waals surface area contributed by atoms with Crippen LogP contribution in [0.5, 0.6) is 0 Å². The summed E-state index contributed by atoms with van der Waals surface area (Å²) in [5.74, 6) is -0.103. The third-order valence-corrected chi connectivity index (χ3v) is 4.22. The topological polar surface area (TPSA) is 75.6 Å². The largest absolute Gasteiger partial charge is 0.372 e. The van der Waals surface area contributed by atoms with Crippen LogP contribution in [0, 0.1) is 0 Å². The molecule has 0 spiro atoms. The first-order valence-corrected chi connectivity index (χ1v) is 8.99. The fourth-order valence-electron chi connectivity index (χ4n) is 3.01. The van der Waals surface area contributed by atoms with Gasteiger partial charge in [-0.05, 0) is 20.3 Å². The lowest BCUT2D eigenvalue weighted by molar-refractivity contribution is -0.143. The van der Waals surface area contributed by atoms with Crippen LogP contribution < -0.4 is 0 Å². The van der Waals surface area contributed by atoms with Gasteiger partial charge >= 0.3 is 0 Å². The molecular weight excluding hydrogens is 320 g/mol. The molecule has 1 aromatic heterocycles. The summed E-state index contributed by atoms with van der Waals surface area (Å²) in [4.78, 5) is 36.7. The Hall–Kier alpha value is -2.02. The van der Waals surface area contributed by atoms with E-state index in [1.807, 2.05) is 18.7 Å². The minimum absolute atomic E-state index is 0.0464. The molecule has 1 aliphatic heterocycles. The molecule has 0 N–H and O–H groups in total. The third-order valence-electron chi connectivity index (χ3n) is 4.22. The fraction of sp³-hybridized carbons (Fsp3) is 0.667. The van der Waals surface area contributed by atoms with E-state index in [9.17, 15) is 9.59 Å². The van der Waals surface area contributed by atoms with E-state index in [1.165, 1.54) is 18.6 Å². The van der Waals surface area contributed by atoms with Crippen LogP contribution in [-0.4, -0.2) is 70.0 Å². The molecular formula is C18H28N4O3. The lowest BCUT2D eigenvalue weighted by Crippen LogP contribution is -2.49. The van der Waals surface area contributed by atoms with E-state index < -0.39 is 0 Å². The lowest BCUT2D eigenvalue weighted by Gasteiger charge is -2.35. The third kappa shape index (κ3) is 5.77. The van der Waals surface area contributed by atoms with Crippen LogP contribution in [-0.2, 0) is 9.53 Å². The Balaban J connectivity index is 1.95. The molecule has 1 aliphatic rings. The minimum atomic E-state index is -0.168. The number of morpholine rings is 1. The Morgan fingerprint density at radius 2 is 1.96 bits per heavy atom. The highest BCUT2D eigenvalue weighted by Gasteiger charge is 2.26. The van der Waals surface area contributed by atoms with Crippen molar-refractivity contribution in [2.45, 2.75) is 52.2 Å². The molecule has 138 valence electrons. The first kappa shape index (κ1) is 19.3. The van der Waals surface area contributed by atoms with Gasteiger partial charge in [-0.15, -0.1) is 0 Å². The molecule has 1 fully saturated rings. The maximum Gasteiger partial charge on any atom is 0.274 e. The molecule has 2 rings (SSSR count). The predicted molar refractivity (Wildman–Crippen MR) is 94.0 cm³/mol. The van der Waals surface area contributed by atoms with Gasteiger partial charge in [0, 0.05) is 45.0 Å². The lowest BCUT2D eigenvalue weighted by atomic mass is 10.2. The number of hydrogen-bond donors (Lipinski definition) is 0. The molecule has 7 nitrogen and oxygen atoms in total. The summed E-state index contributed by atoms with van der Waals surface area (Å²) in [6.45, 7) is 8.25. The molecule has 7 heteroatoms. The van der Waals surface area contributed by atoms with Crippen LogP contribution >= 0.6 is 0 Å². The maximum absolute atomic E-state index is 12.6. The van der Waals surface area contributed by atoms with Crippen molar-refractivity contribution in [2.75, 3.05) is 26.2 Å². The Kier molecular flexibility index (Phi) is 7.31. The predicted octanol–water partition coefficient (Wildman–Crippen LogP) is 1.74. The second kappa shape index (κ2) is 9.46. The maximum atomic E-state index is 12.6. The molecule has 1 saturated heterocycles. The Bertz CT molecular complexity index is 557. The Morgan fingerprint density at radius 1 is 1.24 bits per heavy atom. The molecule has 2 atom stereocenters. The first-order valence-electron chi connectivity index (χ1n) is 8.99. The molecule has 0 saturated carbocycles. The van der Waals surface area contributed by atoms with Crippen LogP contribution in [0.25, 0.3) is 0 Å². The van der Waals surface area contributed by atoms with E-state index in [0.29, 0.717) is 38.3 Å². The Labute approximate surface area is 149 Å².